The maximum Gasteiger partial charge on any atom is 0.227 e. The van der Waals surface area contributed by atoms with Gasteiger partial charge in [-0.3, -0.25) is 0 Å². The third-order valence-electron chi connectivity index (χ3n) is 5.52. The summed E-state index contributed by atoms with van der Waals surface area (Å²) in [7, 11) is 0. The van der Waals surface area contributed by atoms with E-state index in [1.165, 1.54) is 11.3 Å². The zero-order chi connectivity index (χ0) is 21.9. The van der Waals surface area contributed by atoms with Crippen LogP contribution in [0.4, 0.5) is 17.3 Å². The lowest BCUT2D eigenvalue weighted by molar-refractivity contribution is 0.122. The second-order valence-corrected chi connectivity index (χ2v) is 7.77. The highest BCUT2D eigenvalue weighted by Crippen LogP contribution is 2.28. The number of benzene rings is 2. The van der Waals surface area contributed by atoms with Gasteiger partial charge >= 0.3 is 0 Å². The Morgan fingerprint density at radius 2 is 1.69 bits per heavy atom. The smallest absolute Gasteiger partial charge is 0.227 e. The molecule has 1 aliphatic heterocycles. The fourth-order valence-corrected chi connectivity index (χ4v) is 3.77. The number of hydrogen-bond donors (Lipinski definition) is 1. The van der Waals surface area contributed by atoms with Crippen molar-refractivity contribution in [1.82, 2.24) is 24.7 Å². The summed E-state index contributed by atoms with van der Waals surface area (Å²) < 4.78 is 7.24. The van der Waals surface area contributed by atoms with Gasteiger partial charge in [-0.2, -0.15) is 5.10 Å². The van der Waals surface area contributed by atoms with Gasteiger partial charge in [0.25, 0.3) is 0 Å². The quantitative estimate of drug-likeness (QED) is 0.517. The van der Waals surface area contributed by atoms with Crippen molar-refractivity contribution >= 4 is 17.3 Å². The minimum absolute atomic E-state index is 0.558. The van der Waals surface area contributed by atoms with Crippen molar-refractivity contribution in [1.29, 1.82) is 0 Å². The molecule has 0 unspecified atom stereocenters. The van der Waals surface area contributed by atoms with Gasteiger partial charge in [-0.05, 0) is 61.9 Å². The molecule has 0 saturated carbocycles. The lowest BCUT2D eigenvalue weighted by Crippen LogP contribution is -2.36. The zero-order valence-corrected chi connectivity index (χ0v) is 18.2. The number of aryl methyl sites for hydroxylation is 2. The molecule has 4 aromatic rings. The van der Waals surface area contributed by atoms with E-state index in [0.717, 1.165) is 54.8 Å². The van der Waals surface area contributed by atoms with E-state index in [1.807, 2.05) is 37.3 Å². The van der Waals surface area contributed by atoms with Gasteiger partial charge in [0.2, 0.25) is 5.95 Å². The molecule has 2 aromatic heterocycles. The van der Waals surface area contributed by atoms with Crippen LogP contribution in [0.25, 0.3) is 16.9 Å². The zero-order valence-electron chi connectivity index (χ0n) is 18.2. The molecule has 2 aromatic carbocycles. The van der Waals surface area contributed by atoms with Crippen molar-refractivity contribution in [2.24, 2.45) is 0 Å². The molecule has 5 rings (SSSR count). The molecular weight excluding hydrogens is 402 g/mol. The molecule has 1 aliphatic rings. The van der Waals surface area contributed by atoms with Crippen LogP contribution in [-0.2, 0) is 4.74 Å². The fourth-order valence-electron chi connectivity index (χ4n) is 3.77. The molecule has 0 amide bonds. The van der Waals surface area contributed by atoms with Crippen molar-refractivity contribution in [3.05, 3.63) is 72.4 Å². The molecular formula is C24H25N7O. The van der Waals surface area contributed by atoms with Gasteiger partial charge in [-0.1, -0.05) is 6.07 Å². The molecule has 0 spiro atoms. The van der Waals surface area contributed by atoms with E-state index in [0.29, 0.717) is 5.95 Å². The molecule has 0 atom stereocenters. The van der Waals surface area contributed by atoms with Gasteiger partial charge < -0.3 is 15.0 Å². The Balaban J connectivity index is 1.37. The predicted octanol–water partition coefficient (Wildman–Crippen LogP) is 3.92. The molecule has 1 fully saturated rings. The summed E-state index contributed by atoms with van der Waals surface area (Å²) in [5.41, 5.74) is 6.23. The highest BCUT2D eigenvalue weighted by molar-refractivity contribution is 5.70. The summed E-state index contributed by atoms with van der Waals surface area (Å²) in [5.74, 6) is 1.30. The van der Waals surface area contributed by atoms with Crippen molar-refractivity contribution < 1.29 is 4.74 Å². The second-order valence-electron chi connectivity index (χ2n) is 7.77. The van der Waals surface area contributed by atoms with E-state index in [1.54, 1.807) is 17.2 Å². The van der Waals surface area contributed by atoms with Crippen molar-refractivity contribution in [2.45, 2.75) is 13.8 Å². The molecule has 0 radical (unpaired) electrons. The Kier molecular flexibility index (Phi) is 5.51. The fraction of sp³-hybridized carbons (Fsp3) is 0.250. The number of nitrogens with one attached hydrogen (secondary N) is 1. The van der Waals surface area contributed by atoms with Gasteiger partial charge in [0.1, 0.15) is 12.2 Å². The molecule has 32 heavy (non-hydrogen) atoms. The van der Waals surface area contributed by atoms with Gasteiger partial charge in [-0.25, -0.2) is 19.6 Å². The van der Waals surface area contributed by atoms with Crippen molar-refractivity contribution in [3.63, 3.8) is 0 Å². The summed E-state index contributed by atoms with van der Waals surface area (Å²) in [6.45, 7) is 7.32. The van der Waals surface area contributed by atoms with Crippen LogP contribution in [0.3, 0.4) is 0 Å². The molecule has 0 bridgehead atoms. The molecule has 8 heteroatoms. The van der Waals surface area contributed by atoms with E-state index >= 15 is 0 Å². The summed E-state index contributed by atoms with van der Waals surface area (Å²) >= 11 is 0. The third-order valence-corrected chi connectivity index (χ3v) is 5.52. The van der Waals surface area contributed by atoms with Crippen LogP contribution >= 0.6 is 0 Å². The average Bonchev–Trinajstić information content (AvgIpc) is 3.27. The largest absolute Gasteiger partial charge is 0.378 e. The first-order valence-corrected chi connectivity index (χ1v) is 10.7. The first-order valence-electron chi connectivity index (χ1n) is 10.7. The lowest BCUT2D eigenvalue weighted by atomic mass is 10.0. The van der Waals surface area contributed by atoms with Crippen LogP contribution in [0.1, 0.15) is 11.4 Å². The predicted molar refractivity (Wildman–Crippen MR) is 125 cm³/mol. The highest BCUT2D eigenvalue weighted by Gasteiger charge is 2.14. The summed E-state index contributed by atoms with van der Waals surface area (Å²) in [4.78, 5) is 15.7. The Bertz CT molecular complexity index is 1210. The normalized spacial score (nSPS) is 13.9. The number of ether oxygens (including phenoxy) is 1. The topological polar surface area (TPSA) is 81.0 Å². The van der Waals surface area contributed by atoms with E-state index in [4.69, 9.17) is 9.72 Å². The maximum atomic E-state index is 5.49. The van der Waals surface area contributed by atoms with E-state index in [9.17, 15) is 0 Å². The van der Waals surface area contributed by atoms with Crippen LogP contribution in [0.5, 0.6) is 0 Å². The Labute approximate surface area is 186 Å². The number of aromatic nitrogens is 5. The summed E-state index contributed by atoms with van der Waals surface area (Å²) in [5, 5.41) is 7.64. The summed E-state index contributed by atoms with van der Waals surface area (Å²) in [6.07, 6.45) is 3.50. The third kappa shape index (κ3) is 4.31. The second kappa shape index (κ2) is 8.76. The first-order chi connectivity index (χ1) is 15.7. The van der Waals surface area contributed by atoms with Crippen LogP contribution in [0, 0.1) is 13.8 Å². The van der Waals surface area contributed by atoms with Crippen molar-refractivity contribution in [3.8, 4) is 16.9 Å². The van der Waals surface area contributed by atoms with Gasteiger partial charge in [0.05, 0.1) is 24.6 Å². The Morgan fingerprint density at radius 1 is 0.906 bits per heavy atom. The van der Waals surface area contributed by atoms with E-state index in [-0.39, 0.29) is 0 Å². The number of anilines is 3. The molecule has 3 heterocycles. The van der Waals surface area contributed by atoms with Crippen molar-refractivity contribution in [2.75, 3.05) is 36.5 Å². The minimum Gasteiger partial charge on any atom is -0.378 e. The lowest BCUT2D eigenvalue weighted by Gasteiger charge is -2.29. The van der Waals surface area contributed by atoms with Crippen LogP contribution in [0.2, 0.25) is 0 Å². The molecule has 0 aliphatic carbocycles. The van der Waals surface area contributed by atoms with Gasteiger partial charge in [0.15, 0.2) is 0 Å². The SMILES string of the molecule is Cc1ncn(-c2ccc(Nc3nccc(-c4cc(N5CCOCC5)ccc4C)n3)cc2)n1. The number of nitrogens with zero attached hydrogens (tertiary/aromatic N) is 6. The number of rotatable bonds is 5. The van der Waals surface area contributed by atoms with Gasteiger partial charge in [-0.15, -0.1) is 0 Å². The molecule has 162 valence electrons. The number of hydrogen-bond acceptors (Lipinski definition) is 7. The molecule has 1 N–H and O–H groups in total. The standard InChI is InChI=1S/C24H25N7O/c1-17-3-6-21(30-11-13-32-14-12-30)15-22(17)23-9-10-25-24(28-23)27-19-4-7-20(8-5-19)31-16-26-18(2)29-31/h3-10,15-16H,11-14H2,1-2H3,(H,25,27,28). The Morgan fingerprint density at radius 3 is 2.44 bits per heavy atom. The minimum atomic E-state index is 0.558. The van der Waals surface area contributed by atoms with E-state index in [2.05, 4.69) is 50.4 Å². The van der Waals surface area contributed by atoms with Crippen LogP contribution in [-0.4, -0.2) is 51.0 Å². The van der Waals surface area contributed by atoms with Gasteiger partial charge in [0, 0.05) is 36.2 Å². The van der Waals surface area contributed by atoms with Crippen LogP contribution < -0.4 is 10.2 Å². The highest BCUT2D eigenvalue weighted by atomic mass is 16.5. The molecule has 8 nitrogen and oxygen atoms in total. The number of morpholine rings is 1. The monoisotopic (exact) mass is 427 g/mol. The average molecular weight is 428 g/mol. The summed E-state index contributed by atoms with van der Waals surface area (Å²) in [6, 6.07) is 16.4. The first kappa shape index (κ1) is 20.1. The Hall–Kier alpha value is -3.78. The maximum absolute atomic E-state index is 5.49. The molecule has 1 saturated heterocycles. The van der Waals surface area contributed by atoms with Crippen LogP contribution in [0.15, 0.2) is 61.1 Å². The van der Waals surface area contributed by atoms with E-state index < -0.39 is 0 Å².